The fourth-order valence-electron chi connectivity index (χ4n) is 1.87. The van der Waals surface area contributed by atoms with Crippen LogP contribution >= 0.6 is 0 Å². The average Bonchev–Trinajstić information content (AvgIpc) is 2.36. The van der Waals surface area contributed by atoms with E-state index in [0.29, 0.717) is 16.3 Å². The number of pyridine rings is 1. The number of carbonyl (C=O) groups is 1. The molecule has 1 aromatic heterocycles. The number of carboxylic acid groups (broad SMARTS) is 1. The van der Waals surface area contributed by atoms with Crippen molar-refractivity contribution in [1.82, 2.24) is 4.98 Å². The van der Waals surface area contributed by atoms with E-state index in [1.807, 2.05) is 0 Å². The van der Waals surface area contributed by atoms with Crippen molar-refractivity contribution in [3.05, 3.63) is 46.3 Å². The molecule has 0 bridgehead atoms. The molecule has 18 heavy (non-hydrogen) atoms. The first-order valence-electron chi connectivity index (χ1n) is 5.26. The predicted octanol–water partition coefficient (Wildman–Crippen LogP) is 2.33. The molecule has 0 spiro atoms. The van der Waals surface area contributed by atoms with Crippen molar-refractivity contribution in [2.75, 3.05) is 0 Å². The number of carboxylic acids is 1. The van der Waals surface area contributed by atoms with Crippen LogP contribution < -0.4 is 0 Å². The maximum absolute atomic E-state index is 11.0. The number of aromatic nitrogens is 1. The molecule has 1 aromatic carbocycles. The van der Waals surface area contributed by atoms with Gasteiger partial charge in [-0.05, 0) is 23.9 Å². The van der Waals surface area contributed by atoms with Crippen LogP contribution in [-0.2, 0) is 4.79 Å². The predicted molar refractivity (Wildman–Crippen MR) is 64.4 cm³/mol. The lowest BCUT2D eigenvalue weighted by Crippen LogP contribution is -2.08. The lowest BCUT2D eigenvalue weighted by Gasteiger charge is -2.10. The summed E-state index contributed by atoms with van der Waals surface area (Å²) < 4.78 is 0. The fourth-order valence-corrected chi connectivity index (χ4v) is 1.87. The van der Waals surface area contributed by atoms with Crippen molar-refractivity contribution >= 4 is 22.4 Å². The summed E-state index contributed by atoms with van der Waals surface area (Å²) >= 11 is 0. The number of aliphatic carboxylic acids is 1. The van der Waals surface area contributed by atoms with Crippen LogP contribution in [0.25, 0.3) is 10.8 Å². The number of nitro benzene ring substituents is 1. The fraction of sp³-hybridized carbons (Fsp3) is 0.167. The first kappa shape index (κ1) is 12.0. The van der Waals surface area contributed by atoms with E-state index in [1.54, 1.807) is 13.0 Å². The minimum absolute atomic E-state index is 0.0700. The van der Waals surface area contributed by atoms with Crippen molar-refractivity contribution in [1.29, 1.82) is 0 Å². The van der Waals surface area contributed by atoms with Crippen molar-refractivity contribution in [2.45, 2.75) is 12.8 Å². The molecule has 2 aromatic rings. The van der Waals surface area contributed by atoms with Crippen LogP contribution in [0.4, 0.5) is 5.69 Å². The number of rotatable bonds is 3. The molecule has 1 atom stereocenters. The number of fused-ring (bicyclic) bond motifs is 1. The smallest absolute Gasteiger partial charge is 0.310 e. The number of hydrogen-bond acceptors (Lipinski definition) is 4. The zero-order valence-corrected chi connectivity index (χ0v) is 9.53. The molecule has 0 saturated carbocycles. The molecule has 1 heterocycles. The standard InChI is InChI=1S/C12H10N2O4/c1-7(12(15)16)8-2-3-11(14(17)18)10-6-13-5-4-9(8)10/h2-7H,1H3,(H,15,16). The Labute approximate surface area is 102 Å². The van der Waals surface area contributed by atoms with E-state index >= 15 is 0 Å². The quantitative estimate of drug-likeness (QED) is 0.662. The van der Waals surface area contributed by atoms with Crippen LogP contribution in [-0.4, -0.2) is 21.0 Å². The van der Waals surface area contributed by atoms with Gasteiger partial charge in [0.1, 0.15) is 0 Å². The highest BCUT2D eigenvalue weighted by Gasteiger charge is 2.20. The number of non-ortho nitro benzene ring substituents is 1. The highest BCUT2D eigenvalue weighted by Crippen LogP contribution is 2.31. The van der Waals surface area contributed by atoms with E-state index in [2.05, 4.69) is 4.98 Å². The second-order valence-electron chi connectivity index (χ2n) is 3.91. The molecule has 2 rings (SSSR count). The van der Waals surface area contributed by atoms with Gasteiger partial charge in [0.05, 0.1) is 16.2 Å². The van der Waals surface area contributed by atoms with Crippen LogP contribution in [0.1, 0.15) is 18.4 Å². The summed E-state index contributed by atoms with van der Waals surface area (Å²) in [5, 5.41) is 20.8. The van der Waals surface area contributed by atoms with E-state index in [4.69, 9.17) is 5.11 Å². The molecule has 92 valence electrons. The Bertz CT molecular complexity index is 639. The number of hydrogen-bond donors (Lipinski definition) is 1. The molecule has 0 aliphatic rings. The number of benzene rings is 1. The van der Waals surface area contributed by atoms with Gasteiger partial charge in [-0.25, -0.2) is 0 Å². The Hall–Kier alpha value is -2.50. The van der Waals surface area contributed by atoms with Gasteiger partial charge in [0, 0.05) is 18.5 Å². The van der Waals surface area contributed by atoms with Gasteiger partial charge in [0.2, 0.25) is 0 Å². The summed E-state index contributed by atoms with van der Waals surface area (Å²) in [7, 11) is 0. The van der Waals surface area contributed by atoms with Gasteiger partial charge >= 0.3 is 5.97 Å². The zero-order chi connectivity index (χ0) is 13.3. The first-order chi connectivity index (χ1) is 8.52. The molecule has 1 unspecified atom stereocenters. The topological polar surface area (TPSA) is 93.3 Å². The average molecular weight is 246 g/mol. The molecule has 0 aliphatic heterocycles. The molecule has 0 aliphatic carbocycles. The SMILES string of the molecule is CC(C(=O)O)c1ccc([N+](=O)[O-])c2cnccc12. The summed E-state index contributed by atoms with van der Waals surface area (Å²) in [6.07, 6.45) is 2.87. The monoisotopic (exact) mass is 246 g/mol. The maximum atomic E-state index is 11.0. The summed E-state index contributed by atoms with van der Waals surface area (Å²) in [5.41, 5.74) is 0.477. The van der Waals surface area contributed by atoms with E-state index in [0.717, 1.165) is 0 Å². The number of nitro groups is 1. The van der Waals surface area contributed by atoms with Crippen molar-refractivity contribution in [3.8, 4) is 0 Å². The van der Waals surface area contributed by atoms with E-state index in [9.17, 15) is 14.9 Å². The first-order valence-corrected chi connectivity index (χ1v) is 5.26. The summed E-state index contributed by atoms with van der Waals surface area (Å²) in [6, 6.07) is 4.40. The van der Waals surface area contributed by atoms with Gasteiger partial charge in [0.15, 0.2) is 0 Å². The van der Waals surface area contributed by atoms with Gasteiger partial charge in [-0.3, -0.25) is 19.9 Å². The van der Waals surface area contributed by atoms with Gasteiger partial charge < -0.3 is 5.11 Å². The zero-order valence-electron chi connectivity index (χ0n) is 9.53. The molecule has 6 nitrogen and oxygen atoms in total. The maximum Gasteiger partial charge on any atom is 0.310 e. The Morgan fingerprint density at radius 1 is 1.39 bits per heavy atom. The van der Waals surface area contributed by atoms with Crippen LogP contribution in [0, 0.1) is 10.1 Å². The lowest BCUT2D eigenvalue weighted by atomic mass is 9.95. The third kappa shape index (κ3) is 1.88. The third-order valence-electron chi connectivity index (χ3n) is 2.86. The largest absolute Gasteiger partial charge is 0.481 e. The molecule has 0 radical (unpaired) electrons. The van der Waals surface area contributed by atoms with Gasteiger partial charge in [-0.2, -0.15) is 0 Å². The number of nitrogens with zero attached hydrogens (tertiary/aromatic N) is 2. The van der Waals surface area contributed by atoms with Crippen LogP contribution in [0.15, 0.2) is 30.6 Å². The Morgan fingerprint density at radius 2 is 2.11 bits per heavy atom. The molecule has 0 saturated heterocycles. The van der Waals surface area contributed by atoms with Crippen LogP contribution in [0.3, 0.4) is 0 Å². The van der Waals surface area contributed by atoms with E-state index in [-0.39, 0.29) is 5.69 Å². The lowest BCUT2D eigenvalue weighted by molar-refractivity contribution is -0.383. The normalized spacial score (nSPS) is 12.3. The molecular formula is C12H10N2O4. The van der Waals surface area contributed by atoms with Gasteiger partial charge in [-0.15, -0.1) is 0 Å². The third-order valence-corrected chi connectivity index (χ3v) is 2.86. The van der Waals surface area contributed by atoms with Crippen LogP contribution in [0.2, 0.25) is 0 Å². The Kier molecular flexibility index (Phi) is 2.93. The minimum Gasteiger partial charge on any atom is -0.481 e. The highest BCUT2D eigenvalue weighted by atomic mass is 16.6. The van der Waals surface area contributed by atoms with E-state index in [1.165, 1.54) is 24.5 Å². The van der Waals surface area contributed by atoms with Crippen LogP contribution in [0.5, 0.6) is 0 Å². The van der Waals surface area contributed by atoms with Gasteiger partial charge in [0.25, 0.3) is 5.69 Å². The highest BCUT2D eigenvalue weighted by molar-refractivity contribution is 5.95. The summed E-state index contributed by atoms with van der Waals surface area (Å²) in [5.74, 6) is -1.70. The van der Waals surface area contributed by atoms with Crippen molar-refractivity contribution < 1.29 is 14.8 Å². The molecule has 0 fully saturated rings. The Morgan fingerprint density at radius 3 is 2.72 bits per heavy atom. The summed E-state index contributed by atoms with van der Waals surface area (Å²) in [6.45, 7) is 1.55. The Balaban J connectivity index is 2.76. The molecule has 1 N–H and O–H groups in total. The second kappa shape index (κ2) is 4.40. The van der Waals surface area contributed by atoms with Gasteiger partial charge in [-0.1, -0.05) is 6.07 Å². The second-order valence-corrected chi connectivity index (χ2v) is 3.91. The van der Waals surface area contributed by atoms with Crippen molar-refractivity contribution in [3.63, 3.8) is 0 Å². The van der Waals surface area contributed by atoms with Crippen molar-refractivity contribution in [2.24, 2.45) is 0 Å². The molecular weight excluding hydrogens is 236 g/mol. The van der Waals surface area contributed by atoms with E-state index < -0.39 is 16.8 Å². The molecule has 6 heteroatoms. The summed E-state index contributed by atoms with van der Waals surface area (Å²) in [4.78, 5) is 25.3. The molecule has 0 amide bonds. The minimum atomic E-state index is -0.970.